The van der Waals surface area contributed by atoms with E-state index in [2.05, 4.69) is 20.9 Å². The summed E-state index contributed by atoms with van der Waals surface area (Å²) in [7, 11) is 0. The molecule has 1 aliphatic rings. The standard InChI is InChI=1S/C16H23N5O2/c1-11-14(12(2)23-20-11)5-8-18-16(22)15-6-9-21(19-15)13-4-3-7-17-10-13/h6,9,13,17H,3-5,7-8,10H2,1-2H3,(H,18,22). The topological polar surface area (TPSA) is 85.0 Å². The number of hydrogen-bond donors (Lipinski definition) is 2. The monoisotopic (exact) mass is 317 g/mol. The Morgan fingerprint density at radius 1 is 1.52 bits per heavy atom. The number of aromatic nitrogens is 3. The number of nitrogens with one attached hydrogen (secondary N) is 2. The van der Waals surface area contributed by atoms with Gasteiger partial charge in [-0.1, -0.05) is 5.16 Å². The Balaban J connectivity index is 1.53. The Morgan fingerprint density at radius 3 is 3.09 bits per heavy atom. The summed E-state index contributed by atoms with van der Waals surface area (Å²) in [6.07, 6.45) is 4.84. The first kappa shape index (κ1) is 15.7. The Bertz CT molecular complexity index is 650. The normalized spacial score (nSPS) is 18.1. The van der Waals surface area contributed by atoms with Gasteiger partial charge in [0.1, 0.15) is 11.5 Å². The zero-order chi connectivity index (χ0) is 16.2. The van der Waals surface area contributed by atoms with E-state index < -0.39 is 0 Å². The van der Waals surface area contributed by atoms with Crippen molar-refractivity contribution in [3.8, 4) is 0 Å². The first-order valence-electron chi connectivity index (χ1n) is 8.11. The highest BCUT2D eigenvalue weighted by molar-refractivity contribution is 5.92. The molecule has 2 N–H and O–H groups in total. The van der Waals surface area contributed by atoms with E-state index in [4.69, 9.17) is 4.52 Å². The summed E-state index contributed by atoms with van der Waals surface area (Å²) in [5.41, 5.74) is 2.41. The molecule has 7 nitrogen and oxygen atoms in total. The largest absolute Gasteiger partial charge is 0.361 e. The summed E-state index contributed by atoms with van der Waals surface area (Å²) >= 11 is 0. The van der Waals surface area contributed by atoms with E-state index in [9.17, 15) is 4.79 Å². The average Bonchev–Trinajstić information content (AvgIpc) is 3.18. The number of carbonyl (C=O) groups excluding carboxylic acids is 1. The molecule has 2 aromatic rings. The minimum absolute atomic E-state index is 0.140. The molecular weight excluding hydrogens is 294 g/mol. The second kappa shape index (κ2) is 6.95. The van der Waals surface area contributed by atoms with Crippen LogP contribution in [0.3, 0.4) is 0 Å². The van der Waals surface area contributed by atoms with Crippen molar-refractivity contribution >= 4 is 5.91 Å². The molecular formula is C16H23N5O2. The number of carbonyl (C=O) groups is 1. The summed E-state index contributed by atoms with van der Waals surface area (Å²) < 4.78 is 7.02. The smallest absolute Gasteiger partial charge is 0.271 e. The first-order chi connectivity index (χ1) is 11.1. The van der Waals surface area contributed by atoms with Crippen molar-refractivity contribution in [2.24, 2.45) is 0 Å². The van der Waals surface area contributed by atoms with Crippen LogP contribution in [0.5, 0.6) is 0 Å². The van der Waals surface area contributed by atoms with E-state index >= 15 is 0 Å². The molecule has 1 fully saturated rings. The lowest BCUT2D eigenvalue weighted by Crippen LogP contribution is -2.32. The molecule has 3 rings (SSSR count). The van der Waals surface area contributed by atoms with Crippen molar-refractivity contribution in [3.05, 3.63) is 35.0 Å². The van der Waals surface area contributed by atoms with Gasteiger partial charge >= 0.3 is 0 Å². The van der Waals surface area contributed by atoms with Gasteiger partial charge in [-0.2, -0.15) is 5.10 Å². The zero-order valence-corrected chi connectivity index (χ0v) is 13.6. The molecule has 0 radical (unpaired) electrons. The molecule has 23 heavy (non-hydrogen) atoms. The van der Waals surface area contributed by atoms with E-state index in [1.807, 2.05) is 24.7 Å². The van der Waals surface area contributed by atoms with Gasteiger partial charge in [0.25, 0.3) is 5.91 Å². The van der Waals surface area contributed by atoms with Crippen molar-refractivity contribution in [1.29, 1.82) is 0 Å². The molecule has 0 aromatic carbocycles. The van der Waals surface area contributed by atoms with E-state index in [-0.39, 0.29) is 5.91 Å². The Hall–Kier alpha value is -2.15. The van der Waals surface area contributed by atoms with Crippen LogP contribution < -0.4 is 10.6 Å². The second-order valence-electron chi connectivity index (χ2n) is 5.99. The Kier molecular flexibility index (Phi) is 4.76. The van der Waals surface area contributed by atoms with Crippen molar-refractivity contribution in [3.63, 3.8) is 0 Å². The van der Waals surface area contributed by atoms with Crippen molar-refractivity contribution in [1.82, 2.24) is 25.6 Å². The molecule has 7 heteroatoms. The van der Waals surface area contributed by atoms with Gasteiger partial charge in [-0.05, 0) is 45.7 Å². The fourth-order valence-electron chi connectivity index (χ4n) is 2.97. The number of amides is 1. The lowest BCUT2D eigenvalue weighted by Gasteiger charge is -2.22. The van der Waals surface area contributed by atoms with Crippen LogP contribution in [0.1, 0.15) is 46.4 Å². The maximum Gasteiger partial charge on any atom is 0.271 e. The molecule has 1 unspecified atom stereocenters. The number of nitrogens with zero attached hydrogens (tertiary/aromatic N) is 3. The lowest BCUT2D eigenvalue weighted by molar-refractivity contribution is 0.0947. The number of piperidine rings is 1. The predicted molar refractivity (Wildman–Crippen MR) is 85.4 cm³/mol. The minimum atomic E-state index is -0.140. The molecule has 1 amide bonds. The summed E-state index contributed by atoms with van der Waals surface area (Å²) in [5.74, 6) is 0.671. The Labute approximate surface area is 135 Å². The van der Waals surface area contributed by atoms with Gasteiger partial charge in [0.15, 0.2) is 0 Å². The van der Waals surface area contributed by atoms with Crippen LogP contribution in [-0.4, -0.2) is 40.5 Å². The Morgan fingerprint density at radius 2 is 2.39 bits per heavy atom. The van der Waals surface area contributed by atoms with E-state index in [0.717, 1.165) is 42.9 Å². The predicted octanol–water partition coefficient (Wildman–Crippen LogP) is 1.38. The highest BCUT2D eigenvalue weighted by atomic mass is 16.5. The third-order valence-corrected chi connectivity index (χ3v) is 4.33. The highest BCUT2D eigenvalue weighted by Gasteiger charge is 2.17. The van der Waals surface area contributed by atoms with Crippen LogP contribution in [0.4, 0.5) is 0 Å². The van der Waals surface area contributed by atoms with Crippen LogP contribution in [0.2, 0.25) is 0 Å². The fourth-order valence-corrected chi connectivity index (χ4v) is 2.97. The van der Waals surface area contributed by atoms with Gasteiger partial charge in [-0.15, -0.1) is 0 Å². The third kappa shape index (κ3) is 3.61. The average molecular weight is 317 g/mol. The summed E-state index contributed by atoms with van der Waals surface area (Å²) in [6.45, 7) is 6.31. The minimum Gasteiger partial charge on any atom is -0.361 e. The first-order valence-corrected chi connectivity index (χ1v) is 8.11. The van der Waals surface area contributed by atoms with Crippen molar-refractivity contribution in [2.45, 2.75) is 39.2 Å². The SMILES string of the molecule is Cc1noc(C)c1CCNC(=O)c1ccn(C2CCCNC2)n1. The molecule has 1 aliphatic heterocycles. The molecule has 0 saturated carbocycles. The van der Waals surface area contributed by atoms with Gasteiger partial charge in [0.05, 0.1) is 11.7 Å². The van der Waals surface area contributed by atoms with Crippen LogP contribution in [0.15, 0.2) is 16.8 Å². The summed E-state index contributed by atoms with van der Waals surface area (Å²) in [6, 6.07) is 2.12. The molecule has 0 spiro atoms. The van der Waals surface area contributed by atoms with Gasteiger partial charge < -0.3 is 15.2 Å². The second-order valence-corrected chi connectivity index (χ2v) is 5.99. The molecule has 3 heterocycles. The molecule has 0 aliphatic carbocycles. The van der Waals surface area contributed by atoms with Crippen molar-refractivity contribution in [2.75, 3.05) is 19.6 Å². The van der Waals surface area contributed by atoms with E-state index in [1.165, 1.54) is 0 Å². The van der Waals surface area contributed by atoms with Crippen molar-refractivity contribution < 1.29 is 9.32 Å². The van der Waals surface area contributed by atoms with Crippen LogP contribution in [-0.2, 0) is 6.42 Å². The van der Waals surface area contributed by atoms with Gasteiger partial charge in [0.2, 0.25) is 0 Å². The van der Waals surface area contributed by atoms with Crippen LogP contribution in [0, 0.1) is 13.8 Å². The fraction of sp³-hybridized carbons (Fsp3) is 0.562. The van der Waals surface area contributed by atoms with E-state index in [0.29, 0.717) is 24.7 Å². The third-order valence-electron chi connectivity index (χ3n) is 4.33. The molecule has 0 bridgehead atoms. The summed E-state index contributed by atoms with van der Waals surface area (Å²) in [5, 5.41) is 14.6. The van der Waals surface area contributed by atoms with Gasteiger partial charge in [-0.3, -0.25) is 9.48 Å². The maximum absolute atomic E-state index is 12.2. The quantitative estimate of drug-likeness (QED) is 0.870. The number of rotatable bonds is 5. The molecule has 1 atom stereocenters. The number of aryl methyl sites for hydroxylation is 2. The molecule has 124 valence electrons. The maximum atomic E-state index is 12.2. The number of hydrogen-bond acceptors (Lipinski definition) is 5. The summed E-state index contributed by atoms with van der Waals surface area (Å²) in [4.78, 5) is 12.2. The zero-order valence-electron chi connectivity index (χ0n) is 13.6. The van der Waals surface area contributed by atoms with Crippen LogP contribution in [0.25, 0.3) is 0 Å². The van der Waals surface area contributed by atoms with E-state index in [1.54, 1.807) is 6.07 Å². The van der Waals surface area contributed by atoms with Gasteiger partial charge in [-0.25, -0.2) is 0 Å². The molecule has 1 saturated heterocycles. The lowest BCUT2D eigenvalue weighted by atomic mass is 10.1. The van der Waals surface area contributed by atoms with Crippen LogP contribution >= 0.6 is 0 Å². The highest BCUT2D eigenvalue weighted by Crippen LogP contribution is 2.16. The molecule has 2 aromatic heterocycles. The van der Waals surface area contributed by atoms with Gasteiger partial charge in [0, 0.05) is 24.8 Å².